The maximum absolute atomic E-state index is 13.7. The number of nitrogen functional groups attached to an aromatic ring is 1. The average molecular weight is 395 g/mol. The summed E-state index contributed by atoms with van der Waals surface area (Å²) in [5.74, 6) is 3.81. The van der Waals surface area contributed by atoms with E-state index in [2.05, 4.69) is 21.2 Å². The molecular formula is C12H15FIN3OS. The molecule has 0 aliphatic heterocycles. The van der Waals surface area contributed by atoms with Crippen LogP contribution in [0.25, 0.3) is 10.9 Å². The summed E-state index contributed by atoms with van der Waals surface area (Å²) < 4.78 is 15.6. The standard InChI is InChI=1S/C10H9FIN3OS.C2H6/c1-5-4-15(17-12)9-3-8(11)7(2-6(5)9)10(16)14-13;1-2/h2-4H,13H2,1H3,(H,14,16);1-2H3. The van der Waals surface area contributed by atoms with Gasteiger partial charge in [-0.1, -0.05) is 13.8 Å². The number of hydrogen-bond donors (Lipinski definition) is 2. The number of hydrogen-bond acceptors (Lipinski definition) is 3. The van der Waals surface area contributed by atoms with Crippen molar-refractivity contribution in [3.8, 4) is 0 Å². The molecule has 0 atom stereocenters. The van der Waals surface area contributed by atoms with Crippen molar-refractivity contribution in [2.45, 2.75) is 20.8 Å². The smallest absolute Gasteiger partial charge is 0.268 e. The molecule has 3 N–H and O–H groups in total. The van der Waals surface area contributed by atoms with Crippen LogP contribution in [0.1, 0.15) is 29.8 Å². The number of rotatable bonds is 2. The van der Waals surface area contributed by atoms with Crippen LogP contribution in [0.3, 0.4) is 0 Å². The van der Waals surface area contributed by atoms with E-state index in [4.69, 9.17) is 5.84 Å². The molecule has 1 aromatic carbocycles. The van der Waals surface area contributed by atoms with Gasteiger partial charge in [-0.2, -0.15) is 0 Å². The molecule has 0 fully saturated rings. The molecule has 4 nitrogen and oxygen atoms in total. The van der Waals surface area contributed by atoms with Gasteiger partial charge in [-0.25, -0.2) is 10.2 Å². The number of carbonyl (C=O) groups excluding carboxylic acids is 1. The van der Waals surface area contributed by atoms with Crippen LogP contribution in [0.2, 0.25) is 0 Å². The Morgan fingerprint density at radius 3 is 2.63 bits per heavy atom. The fourth-order valence-corrected chi connectivity index (χ4v) is 3.09. The van der Waals surface area contributed by atoms with Crippen LogP contribution in [0.5, 0.6) is 0 Å². The van der Waals surface area contributed by atoms with Gasteiger partial charge in [0.05, 0.1) is 11.1 Å². The zero-order valence-electron chi connectivity index (χ0n) is 10.8. The monoisotopic (exact) mass is 395 g/mol. The number of nitrogens with two attached hydrogens (primary N) is 1. The summed E-state index contributed by atoms with van der Waals surface area (Å²) in [4.78, 5) is 11.4. The highest BCUT2D eigenvalue weighted by Crippen LogP contribution is 2.29. The first kappa shape index (κ1) is 16.3. The van der Waals surface area contributed by atoms with Crippen molar-refractivity contribution >= 4 is 47.1 Å². The molecule has 1 aromatic heterocycles. The fourth-order valence-electron chi connectivity index (χ4n) is 1.68. The summed E-state index contributed by atoms with van der Waals surface area (Å²) in [6.45, 7) is 5.91. The summed E-state index contributed by atoms with van der Waals surface area (Å²) in [7, 11) is 1.44. The fraction of sp³-hybridized carbons (Fsp3) is 0.250. The van der Waals surface area contributed by atoms with Crippen molar-refractivity contribution in [2.75, 3.05) is 0 Å². The number of amides is 1. The molecule has 104 valence electrons. The van der Waals surface area contributed by atoms with Crippen molar-refractivity contribution in [1.29, 1.82) is 0 Å². The summed E-state index contributed by atoms with van der Waals surface area (Å²) in [5, 5.41) is 0.842. The topological polar surface area (TPSA) is 60.0 Å². The third-order valence-corrected chi connectivity index (χ3v) is 4.23. The van der Waals surface area contributed by atoms with Gasteiger partial charge in [0.1, 0.15) is 5.82 Å². The Kier molecular flexibility index (Phi) is 6.08. The average Bonchev–Trinajstić information content (AvgIpc) is 2.75. The maximum atomic E-state index is 13.7. The first-order valence-electron chi connectivity index (χ1n) is 5.69. The third kappa shape index (κ3) is 3.21. The summed E-state index contributed by atoms with van der Waals surface area (Å²) in [6.07, 6.45) is 1.89. The van der Waals surface area contributed by atoms with Gasteiger partial charge in [0, 0.05) is 41.9 Å². The lowest BCUT2D eigenvalue weighted by molar-refractivity contribution is 0.0950. The van der Waals surface area contributed by atoms with E-state index in [1.807, 2.05) is 36.4 Å². The van der Waals surface area contributed by atoms with E-state index in [0.717, 1.165) is 16.5 Å². The minimum Gasteiger partial charge on any atom is -0.290 e. The van der Waals surface area contributed by atoms with Gasteiger partial charge in [0.2, 0.25) is 0 Å². The highest BCUT2D eigenvalue weighted by atomic mass is 127. The van der Waals surface area contributed by atoms with Crippen LogP contribution in [0, 0.1) is 12.7 Å². The Morgan fingerprint density at radius 2 is 2.11 bits per heavy atom. The number of benzene rings is 1. The quantitative estimate of drug-likeness (QED) is 0.354. The second kappa shape index (κ2) is 7.11. The van der Waals surface area contributed by atoms with Crippen molar-refractivity contribution in [3.63, 3.8) is 0 Å². The molecule has 0 aliphatic rings. The largest absolute Gasteiger partial charge is 0.290 e. The van der Waals surface area contributed by atoms with Crippen molar-refractivity contribution < 1.29 is 9.18 Å². The molecule has 1 heterocycles. The molecule has 1 amide bonds. The van der Waals surface area contributed by atoms with E-state index in [1.54, 1.807) is 0 Å². The van der Waals surface area contributed by atoms with Crippen molar-refractivity contribution in [1.82, 2.24) is 9.40 Å². The van der Waals surface area contributed by atoms with E-state index < -0.39 is 11.7 Å². The lowest BCUT2D eigenvalue weighted by Gasteiger charge is -2.03. The summed E-state index contributed by atoms with van der Waals surface area (Å²) >= 11 is 2.11. The Bertz CT molecular complexity index is 600. The predicted molar refractivity (Wildman–Crippen MR) is 86.6 cm³/mol. The molecule has 0 spiro atoms. The molecule has 2 rings (SSSR count). The van der Waals surface area contributed by atoms with Crippen molar-refractivity contribution in [3.05, 3.63) is 35.3 Å². The molecule has 0 aliphatic carbocycles. The van der Waals surface area contributed by atoms with Gasteiger partial charge >= 0.3 is 0 Å². The zero-order chi connectivity index (χ0) is 14.6. The normalized spacial score (nSPS) is 10.0. The van der Waals surface area contributed by atoms with Gasteiger partial charge in [-0.15, -0.1) is 0 Å². The maximum Gasteiger partial charge on any atom is 0.268 e. The van der Waals surface area contributed by atoms with Gasteiger partial charge in [0.15, 0.2) is 0 Å². The van der Waals surface area contributed by atoms with E-state index >= 15 is 0 Å². The van der Waals surface area contributed by atoms with Crippen molar-refractivity contribution in [2.24, 2.45) is 5.84 Å². The highest BCUT2D eigenvalue weighted by Gasteiger charge is 2.15. The number of halogens is 2. The minimum atomic E-state index is -0.626. The molecular weight excluding hydrogens is 380 g/mol. The summed E-state index contributed by atoms with van der Waals surface area (Å²) in [5.41, 5.74) is 3.62. The SMILES string of the molecule is CC.Cc1cn(SI)c2cc(F)c(C(=O)NN)cc12. The van der Waals surface area contributed by atoms with Gasteiger partial charge in [0.25, 0.3) is 5.91 Å². The zero-order valence-corrected chi connectivity index (χ0v) is 13.8. The second-order valence-electron chi connectivity index (χ2n) is 3.53. The van der Waals surface area contributed by atoms with Gasteiger partial charge in [-0.3, -0.25) is 14.2 Å². The lowest BCUT2D eigenvalue weighted by atomic mass is 10.1. The Balaban J connectivity index is 0.000000861. The van der Waals surface area contributed by atoms with Crippen LogP contribution in [0.4, 0.5) is 4.39 Å². The molecule has 19 heavy (non-hydrogen) atoms. The number of hydrazine groups is 1. The molecule has 0 radical (unpaired) electrons. The molecule has 0 unspecified atom stereocenters. The molecule has 0 saturated carbocycles. The third-order valence-electron chi connectivity index (χ3n) is 2.51. The first-order valence-corrected chi connectivity index (χ1v) is 9.01. The number of nitrogens with zero attached hydrogens (tertiary/aromatic N) is 1. The molecule has 0 saturated heterocycles. The Labute approximate surface area is 127 Å². The van der Waals surface area contributed by atoms with E-state index in [-0.39, 0.29) is 5.56 Å². The van der Waals surface area contributed by atoms with Crippen LogP contribution < -0.4 is 11.3 Å². The second-order valence-corrected chi connectivity index (χ2v) is 5.24. The minimum absolute atomic E-state index is 0.0423. The number of carbonyl (C=O) groups is 1. The lowest BCUT2D eigenvalue weighted by Crippen LogP contribution is -2.30. The first-order chi connectivity index (χ1) is 9.08. The molecule has 0 bridgehead atoms. The van der Waals surface area contributed by atoms with Crippen LogP contribution >= 0.6 is 30.3 Å². The Morgan fingerprint density at radius 1 is 1.47 bits per heavy atom. The van der Waals surface area contributed by atoms with Gasteiger partial charge in [-0.05, 0) is 24.6 Å². The summed E-state index contributed by atoms with van der Waals surface area (Å²) in [6, 6.07) is 2.87. The molecule has 7 heteroatoms. The van der Waals surface area contributed by atoms with Crippen LogP contribution in [-0.4, -0.2) is 9.88 Å². The van der Waals surface area contributed by atoms with E-state index in [1.165, 1.54) is 21.3 Å². The van der Waals surface area contributed by atoms with Crippen LogP contribution in [-0.2, 0) is 0 Å². The van der Waals surface area contributed by atoms with Gasteiger partial charge < -0.3 is 0 Å². The number of fused-ring (bicyclic) bond motifs is 1. The Hall–Kier alpha value is -0.800. The van der Waals surface area contributed by atoms with E-state index in [9.17, 15) is 9.18 Å². The van der Waals surface area contributed by atoms with E-state index in [0.29, 0.717) is 0 Å². The number of aryl methyl sites for hydroxylation is 1. The number of aromatic nitrogens is 1. The number of nitrogens with one attached hydrogen (secondary N) is 1. The van der Waals surface area contributed by atoms with Crippen LogP contribution in [0.15, 0.2) is 18.3 Å². The highest BCUT2D eigenvalue weighted by molar-refractivity contribution is 14.2. The molecule has 2 aromatic rings. The predicted octanol–water partition coefficient (Wildman–Crippen LogP) is 3.56.